The van der Waals surface area contributed by atoms with Crippen LogP contribution >= 0.6 is 12.4 Å². The molecule has 0 saturated heterocycles. The summed E-state index contributed by atoms with van der Waals surface area (Å²) in [6.07, 6.45) is 3.09. The Morgan fingerprint density at radius 3 is 1.62 bits per heavy atom. The number of nitrogens with zero attached hydrogens (tertiary/aromatic N) is 2. The van der Waals surface area contributed by atoms with Crippen LogP contribution in [0.5, 0.6) is 0 Å². The highest BCUT2D eigenvalue weighted by Crippen LogP contribution is 2.03. The first-order valence-corrected chi connectivity index (χ1v) is 11.5. The molecule has 12 heteroatoms. The van der Waals surface area contributed by atoms with Gasteiger partial charge >= 0.3 is 5.97 Å². The number of pyridine rings is 2. The highest BCUT2D eigenvalue weighted by molar-refractivity contribution is 5.93. The van der Waals surface area contributed by atoms with Gasteiger partial charge < -0.3 is 25.3 Å². The third-order valence-corrected chi connectivity index (χ3v) is 5.24. The summed E-state index contributed by atoms with van der Waals surface area (Å²) in [4.78, 5) is 44.9. The summed E-state index contributed by atoms with van der Waals surface area (Å²) in [7, 11) is 3.09. The lowest BCUT2D eigenvalue weighted by Gasteiger charge is -2.06. The van der Waals surface area contributed by atoms with E-state index in [2.05, 4.69) is 5.32 Å². The molecule has 2 aromatic carbocycles. The second kappa shape index (κ2) is 16.4. The molecule has 40 heavy (non-hydrogen) atoms. The zero-order valence-corrected chi connectivity index (χ0v) is 22.5. The third-order valence-electron chi connectivity index (χ3n) is 5.24. The molecule has 0 saturated carbocycles. The standard InChI is InChI=1S/C14H13FN2O2.C7H8FN.C7H7NO3.ClH/c1-17-8-2-3-12(14(17)19)13(18)16-9-10-4-6-11(15)7-5-10;8-7-3-1-6(5-9)2-4-7;1-8-4-2-3-5(6(8)9)7(10)11;/h2-8H,9H2,1H3,(H,16,18);1-4H,5,9H2;2-4H,1H3,(H,10,11);1H. The van der Waals surface area contributed by atoms with Gasteiger partial charge in [0.2, 0.25) is 0 Å². The number of halogens is 3. The lowest BCUT2D eigenvalue weighted by Crippen LogP contribution is -2.31. The van der Waals surface area contributed by atoms with E-state index in [4.69, 9.17) is 10.8 Å². The summed E-state index contributed by atoms with van der Waals surface area (Å²) in [6.45, 7) is 0.720. The molecular weight excluding hydrogens is 546 g/mol. The predicted octanol–water partition coefficient (Wildman–Crippen LogP) is 3.24. The highest BCUT2D eigenvalue weighted by atomic mass is 35.5. The summed E-state index contributed by atoms with van der Waals surface area (Å²) in [5.41, 5.74) is 6.06. The molecule has 0 unspecified atom stereocenters. The van der Waals surface area contributed by atoms with Gasteiger partial charge in [0.25, 0.3) is 17.0 Å². The van der Waals surface area contributed by atoms with Crippen LogP contribution in [-0.4, -0.2) is 26.1 Å². The van der Waals surface area contributed by atoms with Gasteiger partial charge in [-0.2, -0.15) is 0 Å². The number of carbonyl (C=O) groups is 2. The van der Waals surface area contributed by atoms with Crippen molar-refractivity contribution in [3.05, 3.63) is 140 Å². The lowest BCUT2D eigenvalue weighted by atomic mass is 10.2. The molecule has 9 nitrogen and oxygen atoms in total. The van der Waals surface area contributed by atoms with E-state index in [-0.39, 0.29) is 47.3 Å². The van der Waals surface area contributed by atoms with Gasteiger partial charge in [0.05, 0.1) is 0 Å². The SMILES string of the molecule is Cl.Cn1cccc(C(=O)NCc2ccc(F)cc2)c1=O.Cn1cccc(C(=O)O)c1=O.NCc1ccc(F)cc1. The van der Waals surface area contributed by atoms with Gasteiger partial charge in [-0.05, 0) is 59.7 Å². The summed E-state index contributed by atoms with van der Waals surface area (Å²) in [5, 5.41) is 11.1. The Morgan fingerprint density at radius 2 is 1.20 bits per heavy atom. The number of aromatic carboxylic acids is 1. The first-order chi connectivity index (χ1) is 18.5. The summed E-state index contributed by atoms with van der Waals surface area (Å²) < 4.78 is 27.5. The number of rotatable bonds is 5. The van der Waals surface area contributed by atoms with E-state index in [0.717, 1.165) is 11.1 Å². The highest BCUT2D eigenvalue weighted by Gasteiger charge is 2.10. The number of carboxylic acid groups (broad SMARTS) is 1. The first kappa shape index (κ1) is 33.4. The maximum absolute atomic E-state index is 12.7. The molecule has 0 spiro atoms. The van der Waals surface area contributed by atoms with E-state index >= 15 is 0 Å². The number of carboxylic acids is 1. The summed E-state index contributed by atoms with van der Waals surface area (Å²) in [5.74, 6) is -2.17. The van der Waals surface area contributed by atoms with Crippen LogP contribution < -0.4 is 22.2 Å². The minimum atomic E-state index is -1.19. The number of hydrogen-bond acceptors (Lipinski definition) is 5. The van der Waals surface area contributed by atoms with Crippen LogP contribution in [0, 0.1) is 11.6 Å². The van der Waals surface area contributed by atoms with Gasteiger partial charge in [0.15, 0.2) is 0 Å². The first-order valence-electron chi connectivity index (χ1n) is 11.5. The quantitative estimate of drug-likeness (QED) is 0.335. The molecule has 0 aliphatic carbocycles. The van der Waals surface area contributed by atoms with E-state index in [9.17, 15) is 28.0 Å². The van der Waals surface area contributed by atoms with Crippen LogP contribution in [-0.2, 0) is 27.2 Å². The van der Waals surface area contributed by atoms with Crippen LogP contribution in [0.4, 0.5) is 8.78 Å². The van der Waals surface area contributed by atoms with Gasteiger partial charge in [-0.25, -0.2) is 13.6 Å². The maximum atomic E-state index is 12.7. The normalized spacial score (nSPS) is 9.62. The van der Waals surface area contributed by atoms with Crippen molar-refractivity contribution in [1.82, 2.24) is 14.5 Å². The monoisotopic (exact) mass is 574 g/mol. The van der Waals surface area contributed by atoms with Crippen molar-refractivity contribution in [1.29, 1.82) is 0 Å². The third kappa shape index (κ3) is 10.3. The Kier molecular flexibility index (Phi) is 13.7. The number of benzene rings is 2. The molecule has 0 bridgehead atoms. The van der Waals surface area contributed by atoms with Gasteiger partial charge in [0.1, 0.15) is 22.8 Å². The number of nitrogens with two attached hydrogens (primary N) is 1. The fourth-order valence-corrected chi connectivity index (χ4v) is 3.03. The largest absolute Gasteiger partial charge is 0.477 e. The summed E-state index contributed by atoms with van der Waals surface area (Å²) in [6, 6.07) is 17.9. The minimum Gasteiger partial charge on any atom is -0.477 e. The van der Waals surface area contributed by atoms with Crippen molar-refractivity contribution in [2.24, 2.45) is 19.8 Å². The van der Waals surface area contributed by atoms with Crippen molar-refractivity contribution in [2.75, 3.05) is 0 Å². The van der Waals surface area contributed by atoms with Crippen molar-refractivity contribution in [3.63, 3.8) is 0 Å². The predicted molar refractivity (Wildman–Crippen MR) is 149 cm³/mol. The average molecular weight is 575 g/mol. The average Bonchev–Trinajstić information content (AvgIpc) is 2.92. The Morgan fingerprint density at radius 1 is 0.775 bits per heavy atom. The number of aryl methyl sites for hydroxylation is 2. The number of hydrogen-bond donors (Lipinski definition) is 3. The molecule has 0 fully saturated rings. The Labute approximate surface area is 234 Å². The van der Waals surface area contributed by atoms with E-state index < -0.39 is 17.4 Å². The second-order valence-corrected chi connectivity index (χ2v) is 8.12. The molecule has 1 amide bonds. The zero-order valence-electron chi connectivity index (χ0n) is 21.7. The van der Waals surface area contributed by atoms with E-state index in [0.29, 0.717) is 6.54 Å². The van der Waals surface area contributed by atoms with Crippen LogP contribution in [0.2, 0.25) is 0 Å². The lowest BCUT2D eigenvalue weighted by molar-refractivity contribution is 0.0694. The van der Waals surface area contributed by atoms with Crippen LogP contribution in [0.1, 0.15) is 31.8 Å². The van der Waals surface area contributed by atoms with Crippen molar-refractivity contribution in [2.45, 2.75) is 13.1 Å². The number of nitrogens with one attached hydrogen (secondary N) is 1. The van der Waals surface area contributed by atoms with Gasteiger partial charge in [-0.15, -0.1) is 12.4 Å². The molecule has 212 valence electrons. The number of aromatic nitrogens is 2. The number of carbonyl (C=O) groups excluding carboxylic acids is 1. The topological polar surface area (TPSA) is 136 Å². The zero-order chi connectivity index (χ0) is 28.9. The van der Waals surface area contributed by atoms with E-state index in [1.165, 1.54) is 64.8 Å². The van der Waals surface area contributed by atoms with E-state index in [1.54, 1.807) is 43.6 Å². The van der Waals surface area contributed by atoms with Crippen LogP contribution in [0.15, 0.2) is 94.8 Å². The molecular formula is C28H29ClF2N4O5. The van der Waals surface area contributed by atoms with Crippen LogP contribution in [0.25, 0.3) is 0 Å². The van der Waals surface area contributed by atoms with Gasteiger partial charge in [-0.3, -0.25) is 14.4 Å². The molecule has 4 N–H and O–H groups in total. The molecule has 4 rings (SSSR count). The van der Waals surface area contributed by atoms with Crippen molar-refractivity contribution < 1.29 is 23.5 Å². The minimum absolute atomic E-state index is 0. The maximum Gasteiger partial charge on any atom is 0.341 e. The second-order valence-electron chi connectivity index (χ2n) is 8.12. The van der Waals surface area contributed by atoms with Crippen molar-refractivity contribution >= 4 is 24.3 Å². The Hall–Kier alpha value is -4.61. The van der Waals surface area contributed by atoms with Crippen LogP contribution in [0.3, 0.4) is 0 Å². The molecule has 2 aromatic heterocycles. The Balaban J connectivity index is 0.000000324. The molecule has 4 aromatic rings. The molecule has 0 aliphatic heterocycles. The molecule has 0 radical (unpaired) electrons. The van der Waals surface area contributed by atoms with Crippen molar-refractivity contribution in [3.8, 4) is 0 Å². The fourth-order valence-electron chi connectivity index (χ4n) is 3.03. The summed E-state index contributed by atoms with van der Waals surface area (Å²) >= 11 is 0. The molecule has 2 heterocycles. The smallest absolute Gasteiger partial charge is 0.341 e. The molecule has 0 atom stereocenters. The van der Waals surface area contributed by atoms with Gasteiger partial charge in [-0.1, -0.05) is 24.3 Å². The fraction of sp³-hybridized carbons (Fsp3) is 0.143. The number of amides is 1. The Bertz CT molecular complexity index is 1520. The van der Waals surface area contributed by atoms with Gasteiger partial charge in [0, 0.05) is 39.6 Å². The molecule has 0 aliphatic rings. The van der Waals surface area contributed by atoms with E-state index in [1.807, 2.05) is 0 Å².